The Kier molecular flexibility index (Phi) is 14.5. The fourth-order valence-electron chi connectivity index (χ4n) is 0.637. The molecule has 0 spiro atoms. The van der Waals surface area contributed by atoms with E-state index in [1.54, 1.807) is 0 Å². The molecule has 0 bridgehead atoms. The van der Waals surface area contributed by atoms with E-state index >= 15 is 0 Å². The van der Waals surface area contributed by atoms with Gasteiger partial charge in [0.05, 0.1) is 6.42 Å². The maximum atomic E-state index is 10.2. The summed E-state index contributed by atoms with van der Waals surface area (Å²) in [6, 6.07) is 0. The second-order valence-electron chi connectivity index (χ2n) is 3.16. The van der Waals surface area contributed by atoms with Gasteiger partial charge in [-0.1, -0.05) is 0 Å². The molecule has 16 heavy (non-hydrogen) atoms. The van der Waals surface area contributed by atoms with Crippen LogP contribution in [-0.2, 0) is 38.7 Å². The van der Waals surface area contributed by atoms with E-state index in [1.807, 2.05) is 0 Å². The van der Waals surface area contributed by atoms with Crippen LogP contribution in [0.15, 0.2) is 0 Å². The van der Waals surface area contributed by atoms with Gasteiger partial charge in [-0.15, -0.1) is 11.6 Å². The molecular weight excluding hydrogens is 322 g/mol. The molecule has 0 aromatic carbocycles. The Morgan fingerprint density at radius 2 is 1.12 bits per heavy atom. The van der Waals surface area contributed by atoms with Crippen molar-refractivity contribution in [1.82, 2.24) is 0 Å². The first-order valence-corrected chi connectivity index (χ1v) is 4.76. The fourth-order valence-corrected chi connectivity index (χ4v) is 0.637. The van der Waals surface area contributed by atoms with Crippen LogP contribution in [0.25, 0.3) is 0 Å². The van der Waals surface area contributed by atoms with Crippen LogP contribution in [0.2, 0.25) is 0 Å². The number of hydrogen-bond acceptors (Lipinski definition) is 4. The summed E-state index contributed by atoms with van der Waals surface area (Å²) >= 11 is 5.25. The molecule has 0 rings (SSSR count). The standard InChI is InChI=1S/C5H7ClO2.C5H8O2.Rh/c1-3(7)5(6)4(2)8;1-4(6)3-5(2)7;/h5H,1-2H3;3H2,1-2H3;. The molecule has 95 valence electrons. The summed E-state index contributed by atoms with van der Waals surface area (Å²) in [6.07, 6.45) is 0.0833. The number of rotatable bonds is 4. The Balaban J connectivity index is -0.000000200. The van der Waals surface area contributed by atoms with Crippen molar-refractivity contribution in [3.63, 3.8) is 0 Å². The zero-order valence-electron chi connectivity index (χ0n) is 9.63. The van der Waals surface area contributed by atoms with E-state index in [1.165, 1.54) is 27.7 Å². The van der Waals surface area contributed by atoms with E-state index in [0.717, 1.165) is 0 Å². The zero-order chi connectivity index (χ0) is 12.6. The van der Waals surface area contributed by atoms with Crippen molar-refractivity contribution in [3.8, 4) is 0 Å². The number of ketones is 4. The summed E-state index contributed by atoms with van der Waals surface area (Å²) in [6.45, 7) is 5.39. The van der Waals surface area contributed by atoms with Crippen molar-refractivity contribution < 1.29 is 38.7 Å². The Morgan fingerprint density at radius 1 is 0.875 bits per heavy atom. The van der Waals surface area contributed by atoms with Gasteiger partial charge in [-0.3, -0.25) is 19.2 Å². The summed E-state index contributed by atoms with van der Waals surface area (Å²) in [7, 11) is 0. The largest absolute Gasteiger partial charge is 0.300 e. The molecule has 0 N–H and O–H groups in total. The predicted molar refractivity (Wildman–Crippen MR) is 57.0 cm³/mol. The van der Waals surface area contributed by atoms with Crippen LogP contribution < -0.4 is 0 Å². The molecule has 0 heterocycles. The first-order valence-electron chi connectivity index (χ1n) is 4.32. The molecule has 4 nitrogen and oxygen atoms in total. The first kappa shape index (κ1) is 20.9. The summed E-state index contributed by atoms with van der Waals surface area (Å²) < 4.78 is 0. The fraction of sp³-hybridized carbons (Fsp3) is 0.600. The summed E-state index contributed by atoms with van der Waals surface area (Å²) in [4.78, 5) is 40.5. The van der Waals surface area contributed by atoms with Crippen molar-refractivity contribution in [2.75, 3.05) is 0 Å². The van der Waals surface area contributed by atoms with Crippen LogP contribution in [0.1, 0.15) is 34.1 Å². The van der Waals surface area contributed by atoms with E-state index in [2.05, 4.69) is 0 Å². The van der Waals surface area contributed by atoms with E-state index in [9.17, 15) is 19.2 Å². The normalized spacial score (nSPS) is 8.38. The van der Waals surface area contributed by atoms with Crippen LogP contribution in [0.3, 0.4) is 0 Å². The molecule has 6 heteroatoms. The number of hydrogen-bond donors (Lipinski definition) is 0. The maximum absolute atomic E-state index is 10.2. The molecule has 0 unspecified atom stereocenters. The molecule has 0 saturated heterocycles. The van der Waals surface area contributed by atoms with Crippen molar-refractivity contribution in [1.29, 1.82) is 0 Å². The monoisotopic (exact) mass is 337 g/mol. The molecule has 0 aromatic heterocycles. The van der Waals surface area contributed by atoms with E-state index < -0.39 is 5.38 Å². The molecule has 1 radical (unpaired) electrons. The number of carbonyl (C=O) groups excluding carboxylic acids is 4. The van der Waals surface area contributed by atoms with Crippen molar-refractivity contribution >= 4 is 34.7 Å². The minimum absolute atomic E-state index is 0. The van der Waals surface area contributed by atoms with E-state index in [0.29, 0.717) is 0 Å². The Bertz CT molecular complexity index is 250. The number of alkyl halides is 1. The average molecular weight is 338 g/mol. The molecule has 0 fully saturated rings. The van der Waals surface area contributed by atoms with Gasteiger partial charge < -0.3 is 0 Å². The van der Waals surface area contributed by atoms with Crippen LogP contribution in [0, 0.1) is 0 Å². The quantitative estimate of drug-likeness (QED) is 0.441. The molecule has 0 atom stereocenters. The molecule has 0 aromatic rings. The van der Waals surface area contributed by atoms with Crippen molar-refractivity contribution in [2.45, 2.75) is 39.5 Å². The van der Waals surface area contributed by atoms with E-state index in [4.69, 9.17) is 11.6 Å². The summed E-state index contributed by atoms with van der Waals surface area (Å²) in [5.74, 6) is -0.710. The van der Waals surface area contributed by atoms with Gasteiger partial charge >= 0.3 is 0 Å². The van der Waals surface area contributed by atoms with Crippen LogP contribution >= 0.6 is 11.6 Å². The molecular formula is C10H15ClO4Rh. The topological polar surface area (TPSA) is 68.3 Å². The summed E-state index contributed by atoms with van der Waals surface area (Å²) in [5, 5.41) is -0.935. The van der Waals surface area contributed by atoms with Crippen molar-refractivity contribution in [2.24, 2.45) is 0 Å². The van der Waals surface area contributed by atoms with Gasteiger partial charge in [0.1, 0.15) is 16.9 Å². The number of halogens is 1. The zero-order valence-corrected chi connectivity index (χ0v) is 12.0. The number of Topliss-reactive ketones (excluding diaryl/α,β-unsaturated/α-hetero) is 4. The molecule has 0 aliphatic rings. The Morgan fingerprint density at radius 3 is 1.12 bits per heavy atom. The van der Waals surface area contributed by atoms with Gasteiger partial charge in [0.25, 0.3) is 0 Å². The van der Waals surface area contributed by atoms with Gasteiger partial charge in [0.2, 0.25) is 0 Å². The molecule has 0 amide bonds. The first-order chi connectivity index (χ1) is 6.68. The van der Waals surface area contributed by atoms with Crippen LogP contribution in [0.5, 0.6) is 0 Å². The third-order valence-electron chi connectivity index (χ3n) is 1.21. The van der Waals surface area contributed by atoms with E-state index in [-0.39, 0.29) is 49.0 Å². The SMILES string of the molecule is CC(=O)C(Cl)C(C)=O.CC(=O)CC(C)=O.[Rh]. The predicted octanol–water partition coefficient (Wildman–Crippen LogP) is 1.32. The van der Waals surface area contributed by atoms with Gasteiger partial charge in [-0.05, 0) is 27.7 Å². The molecule has 0 saturated carbocycles. The van der Waals surface area contributed by atoms with Gasteiger partial charge in [0, 0.05) is 19.5 Å². The average Bonchev–Trinajstić information content (AvgIpc) is 2.00. The Hall–Kier alpha value is -0.407. The van der Waals surface area contributed by atoms with Gasteiger partial charge in [-0.25, -0.2) is 0 Å². The second kappa shape index (κ2) is 11.1. The smallest absolute Gasteiger partial charge is 0.155 e. The van der Waals surface area contributed by atoms with Crippen molar-refractivity contribution in [3.05, 3.63) is 0 Å². The van der Waals surface area contributed by atoms with Crippen LogP contribution in [0.4, 0.5) is 0 Å². The molecule has 0 aliphatic carbocycles. The maximum Gasteiger partial charge on any atom is 0.155 e. The summed E-state index contributed by atoms with van der Waals surface area (Å²) in [5.41, 5.74) is 0. The molecule has 0 aliphatic heterocycles. The second-order valence-corrected chi connectivity index (χ2v) is 3.60. The minimum Gasteiger partial charge on any atom is -0.300 e. The third-order valence-corrected chi connectivity index (χ3v) is 1.83. The number of carbonyl (C=O) groups is 4. The van der Waals surface area contributed by atoms with Crippen LogP contribution in [-0.4, -0.2) is 28.5 Å². The third kappa shape index (κ3) is 16.0. The van der Waals surface area contributed by atoms with Gasteiger partial charge in [-0.2, -0.15) is 0 Å². The Labute approximate surface area is 113 Å². The minimum atomic E-state index is -0.935. The van der Waals surface area contributed by atoms with Gasteiger partial charge in [0.15, 0.2) is 11.6 Å².